The summed E-state index contributed by atoms with van der Waals surface area (Å²) in [7, 11) is 6.63. The van der Waals surface area contributed by atoms with Gasteiger partial charge < -0.3 is 48.9 Å². The maximum Gasteiger partial charge on any atom is 0.407 e. The Balaban J connectivity index is 2.13. The van der Waals surface area contributed by atoms with Crippen LogP contribution in [0.25, 0.3) is 0 Å². The highest BCUT2D eigenvalue weighted by Gasteiger charge is 2.52. The van der Waals surface area contributed by atoms with E-state index in [-0.39, 0.29) is 43.7 Å². The summed E-state index contributed by atoms with van der Waals surface area (Å²) < 4.78 is 36.8. The second-order valence-electron chi connectivity index (χ2n) is 15.2. The van der Waals surface area contributed by atoms with Gasteiger partial charge in [0, 0.05) is 50.1 Å². The van der Waals surface area contributed by atoms with Crippen LogP contribution in [0.5, 0.6) is 0 Å². The summed E-state index contributed by atoms with van der Waals surface area (Å²) >= 11 is 6.03. The zero-order chi connectivity index (χ0) is 39.1. The number of halogens is 1. The number of cyclic esters (lactones) is 1. The van der Waals surface area contributed by atoms with Crippen LogP contribution in [0.3, 0.4) is 0 Å². The summed E-state index contributed by atoms with van der Waals surface area (Å²) in [6, 6.07) is 6.66. The molecule has 13 nitrogen and oxygen atoms in total. The molecule has 13 atom stereocenters. The van der Waals surface area contributed by atoms with Crippen molar-refractivity contribution in [2.24, 2.45) is 17.8 Å². The Morgan fingerprint density at radius 3 is 2.29 bits per heavy atom. The van der Waals surface area contributed by atoms with Crippen LogP contribution in [0.2, 0.25) is 5.02 Å². The van der Waals surface area contributed by atoms with E-state index in [9.17, 15) is 24.6 Å². The number of nitrogens with zero attached hydrogens (tertiary/aromatic N) is 1. The maximum absolute atomic E-state index is 14.0. The molecule has 296 valence electrons. The summed E-state index contributed by atoms with van der Waals surface area (Å²) in [6.07, 6.45) is -6.74. The lowest BCUT2D eigenvalue weighted by Crippen LogP contribution is -2.60. The van der Waals surface area contributed by atoms with E-state index in [1.165, 1.54) is 21.1 Å². The molecule has 52 heavy (non-hydrogen) atoms. The number of hydrogen-bond donors (Lipinski definition) is 3. The van der Waals surface area contributed by atoms with Crippen LogP contribution in [0.1, 0.15) is 79.7 Å². The lowest BCUT2D eigenvalue weighted by molar-refractivity contribution is -0.301. The highest BCUT2D eigenvalue weighted by atomic mass is 35.5. The Morgan fingerprint density at radius 1 is 1.10 bits per heavy atom. The van der Waals surface area contributed by atoms with Gasteiger partial charge in [0.15, 0.2) is 6.29 Å². The molecule has 3 N–H and O–H groups in total. The molecule has 0 aromatic heterocycles. The van der Waals surface area contributed by atoms with Crippen molar-refractivity contribution in [1.82, 2.24) is 10.2 Å². The fraction of sp³-hybridized carbons (Fsp3) is 0.763. The Labute approximate surface area is 313 Å². The molecule has 2 fully saturated rings. The van der Waals surface area contributed by atoms with Gasteiger partial charge in [-0.3, -0.25) is 9.59 Å². The number of Topliss-reactive ketones (excluding diaryl/α,β-unsaturated/α-hetero) is 1. The summed E-state index contributed by atoms with van der Waals surface area (Å²) in [5.41, 5.74) is -2.22. The molecule has 1 amide bonds. The Bertz CT molecular complexity index is 1330. The number of esters is 1. The third-order valence-corrected chi connectivity index (χ3v) is 11.2. The predicted molar refractivity (Wildman–Crippen MR) is 195 cm³/mol. The summed E-state index contributed by atoms with van der Waals surface area (Å²) in [5, 5.41) is 26.5. The topological polar surface area (TPSA) is 162 Å². The number of nitrogens with one attached hydrogen (secondary N) is 1. The van der Waals surface area contributed by atoms with E-state index < -0.39 is 77.8 Å². The minimum atomic E-state index is -1.74. The van der Waals surface area contributed by atoms with Crippen molar-refractivity contribution >= 4 is 29.4 Å². The first-order valence-corrected chi connectivity index (χ1v) is 18.5. The Morgan fingerprint density at radius 2 is 1.73 bits per heavy atom. The van der Waals surface area contributed by atoms with Crippen LogP contribution in [-0.2, 0) is 44.6 Å². The standard InChI is InChI=1S/C38H61ClN2O11/c1-12-29-38(7,46)30(47-10)18-28(42)21(2)19-37(6,48-11)33(52-35-31(43)27(41(8)9)17-22(3)49-35)23(4)32(24(5)34(44)50-29)51-36(45)40-20-25-13-15-26(39)16-14-25/h13-16,21-24,27,29-33,35,43,46H,12,17-20H2,1-11H3,(H,40,45)/t21-,22-,23+,24-,27+,29-,30-,31-,32+,33-,35+,37-,38-/m1/s1. The van der Waals surface area contributed by atoms with Gasteiger partial charge in [-0.1, -0.05) is 44.5 Å². The second-order valence-corrected chi connectivity index (χ2v) is 15.6. The second kappa shape index (κ2) is 18.8. The van der Waals surface area contributed by atoms with E-state index in [1.54, 1.807) is 58.9 Å². The van der Waals surface area contributed by atoms with Gasteiger partial charge in [0.05, 0.1) is 29.8 Å². The summed E-state index contributed by atoms with van der Waals surface area (Å²) in [5.74, 6) is -3.46. The predicted octanol–water partition coefficient (Wildman–Crippen LogP) is 4.51. The number of aliphatic hydroxyl groups is 2. The van der Waals surface area contributed by atoms with Crippen LogP contribution in [0.15, 0.2) is 24.3 Å². The fourth-order valence-electron chi connectivity index (χ4n) is 7.56. The largest absolute Gasteiger partial charge is 0.459 e. The average molecular weight is 757 g/mol. The van der Waals surface area contributed by atoms with E-state index in [2.05, 4.69) is 5.32 Å². The molecule has 2 aliphatic heterocycles. The van der Waals surface area contributed by atoms with Crippen LogP contribution in [-0.4, -0.2) is 121 Å². The van der Waals surface area contributed by atoms with Crippen molar-refractivity contribution in [1.29, 1.82) is 0 Å². The van der Waals surface area contributed by atoms with Gasteiger partial charge in [0.25, 0.3) is 0 Å². The quantitative estimate of drug-likeness (QED) is 0.303. The number of likely N-dealkylation sites (N-methyl/N-ethyl adjacent to an activating group) is 1. The molecule has 0 unspecified atom stereocenters. The lowest BCUT2D eigenvalue weighted by Gasteiger charge is -2.48. The molecule has 1 aromatic carbocycles. The highest BCUT2D eigenvalue weighted by molar-refractivity contribution is 6.30. The molecule has 14 heteroatoms. The molecule has 0 radical (unpaired) electrons. The number of alkyl carbamates (subject to hydrolysis) is 1. The molecule has 1 aromatic rings. The Hall–Kier alpha value is -2.36. The number of ketones is 1. The van der Waals surface area contributed by atoms with Gasteiger partial charge in [0.1, 0.15) is 29.7 Å². The molecule has 0 saturated carbocycles. The molecule has 2 heterocycles. The monoisotopic (exact) mass is 756 g/mol. The minimum absolute atomic E-state index is 0.121. The average Bonchev–Trinajstić information content (AvgIpc) is 3.09. The Kier molecular flexibility index (Phi) is 15.9. The molecule has 0 spiro atoms. The van der Waals surface area contributed by atoms with E-state index in [0.717, 1.165) is 5.56 Å². The number of carbonyl (C=O) groups excluding carboxylic acids is 3. The number of hydrogen-bond acceptors (Lipinski definition) is 12. The number of methoxy groups -OCH3 is 2. The molecule has 2 aliphatic rings. The van der Waals surface area contributed by atoms with Crippen molar-refractivity contribution in [3.63, 3.8) is 0 Å². The van der Waals surface area contributed by atoms with E-state index >= 15 is 0 Å². The van der Waals surface area contributed by atoms with Crippen molar-refractivity contribution in [3.8, 4) is 0 Å². The zero-order valence-electron chi connectivity index (χ0n) is 32.6. The fourth-order valence-corrected chi connectivity index (χ4v) is 7.68. The van der Waals surface area contributed by atoms with Gasteiger partial charge in [-0.15, -0.1) is 0 Å². The van der Waals surface area contributed by atoms with E-state index in [1.807, 2.05) is 25.9 Å². The number of ether oxygens (including phenoxy) is 6. The smallest absolute Gasteiger partial charge is 0.407 e. The van der Waals surface area contributed by atoms with Crippen molar-refractivity contribution < 1.29 is 53.0 Å². The number of rotatable bonds is 9. The molecule has 2 saturated heterocycles. The lowest BCUT2D eigenvalue weighted by atomic mass is 9.76. The minimum Gasteiger partial charge on any atom is -0.459 e. The van der Waals surface area contributed by atoms with Gasteiger partial charge in [0.2, 0.25) is 0 Å². The van der Waals surface area contributed by atoms with Crippen molar-refractivity contribution in [3.05, 3.63) is 34.9 Å². The summed E-state index contributed by atoms with van der Waals surface area (Å²) in [6.45, 7) is 12.1. The number of carbonyl (C=O) groups is 3. The molecule has 3 rings (SSSR count). The van der Waals surface area contributed by atoms with Crippen LogP contribution in [0.4, 0.5) is 4.79 Å². The molecule has 0 aliphatic carbocycles. The van der Waals surface area contributed by atoms with Crippen LogP contribution < -0.4 is 5.32 Å². The first kappa shape index (κ1) is 44.0. The first-order valence-electron chi connectivity index (χ1n) is 18.2. The van der Waals surface area contributed by atoms with E-state index in [4.69, 9.17) is 40.0 Å². The third-order valence-electron chi connectivity index (χ3n) is 10.9. The number of amides is 1. The number of aliphatic hydroxyl groups excluding tert-OH is 1. The normalized spacial score (nSPS) is 38.3. The molecular weight excluding hydrogens is 696 g/mol. The summed E-state index contributed by atoms with van der Waals surface area (Å²) in [4.78, 5) is 43.3. The first-order chi connectivity index (χ1) is 24.3. The SMILES string of the molecule is CC[C@H]1OC(=O)[C@H](C)[C@@H](OC(=O)NCc2ccc(Cl)cc2)[C@H](C)[C@@H](O[C@@H]2O[C@H](C)C[C@H](N(C)C)[C@H]2O)[C@](C)(OC)C[C@@H](C)C(=O)C[C@@H](OC)[C@]1(C)O. The van der Waals surface area contributed by atoms with Gasteiger partial charge in [-0.2, -0.15) is 0 Å². The third kappa shape index (κ3) is 10.7. The number of benzene rings is 1. The molecular formula is C38H61ClN2O11. The highest BCUT2D eigenvalue weighted by Crippen LogP contribution is 2.39. The van der Waals surface area contributed by atoms with Crippen LogP contribution >= 0.6 is 11.6 Å². The van der Waals surface area contributed by atoms with Crippen molar-refractivity contribution in [2.45, 2.75) is 141 Å². The van der Waals surface area contributed by atoms with Gasteiger partial charge in [-0.05, 0) is 78.7 Å². The molecule has 0 bridgehead atoms. The van der Waals surface area contributed by atoms with Crippen molar-refractivity contribution in [2.75, 3.05) is 28.3 Å². The van der Waals surface area contributed by atoms with Gasteiger partial charge >= 0.3 is 12.1 Å². The zero-order valence-corrected chi connectivity index (χ0v) is 33.3. The van der Waals surface area contributed by atoms with Gasteiger partial charge in [-0.25, -0.2) is 4.79 Å². The van der Waals surface area contributed by atoms with Crippen LogP contribution in [0, 0.1) is 17.8 Å². The maximum atomic E-state index is 14.0. The van der Waals surface area contributed by atoms with E-state index in [0.29, 0.717) is 11.4 Å².